The molecule has 2 heterocycles. The van der Waals surface area contributed by atoms with Crippen LogP contribution in [-0.2, 0) is 0 Å². The lowest BCUT2D eigenvalue weighted by molar-refractivity contribution is -0.967. The maximum atomic E-state index is 8.15. The van der Waals surface area contributed by atoms with Crippen LogP contribution in [0.25, 0.3) is 10.4 Å². The SMILES string of the molecule is [N-]=[N+]=NCCCN1CC[N+]2(CCC2)CC1. The third-order valence-corrected chi connectivity index (χ3v) is 3.84. The first-order chi connectivity index (χ1) is 7.35. The van der Waals surface area contributed by atoms with E-state index in [0.717, 1.165) is 13.0 Å². The molecule has 0 saturated carbocycles. The van der Waals surface area contributed by atoms with Gasteiger partial charge in [0.05, 0.1) is 26.2 Å². The summed E-state index contributed by atoms with van der Waals surface area (Å²) in [6.45, 7) is 9.70. The lowest BCUT2D eigenvalue weighted by atomic mass is 10.1. The van der Waals surface area contributed by atoms with Gasteiger partial charge in [-0.1, -0.05) is 5.11 Å². The van der Waals surface area contributed by atoms with E-state index < -0.39 is 0 Å². The fourth-order valence-electron chi connectivity index (χ4n) is 2.62. The van der Waals surface area contributed by atoms with Gasteiger partial charge in [0, 0.05) is 31.0 Å². The van der Waals surface area contributed by atoms with E-state index in [9.17, 15) is 0 Å². The maximum absolute atomic E-state index is 8.15. The first kappa shape index (κ1) is 10.7. The minimum absolute atomic E-state index is 0.646. The van der Waals surface area contributed by atoms with E-state index >= 15 is 0 Å². The zero-order valence-corrected chi connectivity index (χ0v) is 9.31. The van der Waals surface area contributed by atoms with Crippen molar-refractivity contribution in [1.29, 1.82) is 0 Å². The van der Waals surface area contributed by atoms with Gasteiger partial charge in [0.1, 0.15) is 0 Å². The zero-order chi connectivity index (χ0) is 10.6. The van der Waals surface area contributed by atoms with Crippen molar-refractivity contribution in [3.05, 3.63) is 10.4 Å². The van der Waals surface area contributed by atoms with Gasteiger partial charge in [0.15, 0.2) is 0 Å². The topological polar surface area (TPSA) is 52.0 Å². The number of rotatable bonds is 4. The molecule has 0 N–H and O–H groups in total. The number of quaternary nitrogens is 1. The van der Waals surface area contributed by atoms with Crippen LogP contribution in [0.3, 0.4) is 0 Å². The lowest BCUT2D eigenvalue weighted by Gasteiger charge is -2.50. The molecule has 0 aromatic rings. The molecular formula is C10H20N5+. The summed E-state index contributed by atoms with van der Waals surface area (Å²) < 4.78 is 1.38. The standard InChI is InChI=1S/C10H20N5/c11-13-12-3-1-4-14-5-9-15(10-6-14)7-2-8-15/h1-10H2/q+1. The molecule has 2 rings (SSSR count). The third kappa shape index (κ3) is 2.62. The molecule has 0 bridgehead atoms. The van der Waals surface area contributed by atoms with Crippen LogP contribution < -0.4 is 0 Å². The van der Waals surface area contributed by atoms with Gasteiger partial charge in [0.25, 0.3) is 0 Å². The summed E-state index contributed by atoms with van der Waals surface area (Å²) in [5, 5.41) is 3.56. The van der Waals surface area contributed by atoms with Gasteiger partial charge in [-0.2, -0.15) is 0 Å². The average molecular weight is 210 g/mol. The van der Waals surface area contributed by atoms with Crippen LogP contribution in [0.4, 0.5) is 0 Å². The van der Waals surface area contributed by atoms with Crippen LogP contribution in [0.5, 0.6) is 0 Å². The molecule has 0 radical (unpaired) electrons. The van der Waals surface area contributed by atoms with Gasteiger partial charge in [-0.25, -0.2) is 0 Å². The lowest BCUT2D eigenvalue weighted by Crippen LogP contribution is -2.65. The molecule has 0 unspecified atom stereocenters. The molecule has 84 valence electrons. The van der Waals surface area contributed by atoms with Crippen molar-refractivity contribution in [2.24, 2.45) is 5.11 Å². The van der Waals surface area contributed by atoms with Crippen LogP contribution in [0.2, 0.25) is 0 Å². The summed E-state index contributed by atoms with van der Waals surface area (Å²) in [4.78, 5) is 5.28. The quantitative estimate of drug-likeness (QED) is 0.226. The highest BCUT2D eigenvalue weighted by atomic mass is 15.4. The number of hydrogen-bond donors (Lipinski definition) is 0. The Hall–Kier alpha value is -0.770. The van der Waals surface area contributed by atoms with Gasteiger partial charge in [-0.05, 0) is 18.5 Å². The highest BCUT2D eigenvalue weighted by molar-refractivity contribution is 4.68. The van der Waals surface area contributed by atoms with Crippen molar-refractivity contribution in [2.45, 2.75) is 12.8 Å². The molecule has 2 aliphatic heterocycles. The van der Waals surface area contributed by atoms with Crippen molar-refractivity contribution in [2.75, 3.05) is 52.4 Å². The fourth-order valence-corrected chi connectivity index (χ4v) is 2.62. The van der Waals surface area contributed by atoms with E-state index in [1.165, 1.54) is 50.2 Å². The van der Waals surface area contributed by atoms with E-state index in [0.29, 0.717) is 6.54 Å². The molecule has 5 heteroatoms. The van der Waals surface area contributed by atoms with E-state index in [-0.39, 0.29) is 0 Å². The van der Waals surface area contributed by atoms with E-state index in [1.54, 1.807) is 0 Å². The molecule has 0 atom stereocenters. The first-order valence-electron chi connectivity index (χ1n) is 5.93. The van der Waals surface area contributed by atoms with Gasteiger partial charge >= 0.3 is 0 Å². The molecule has 2 saturated heterocycles. The summed E-state index contributed by atoms with van der Waals surface area (Å²) in [7, 11) is 0. The van der Waals surface area contributed by atoms with Crippen LogP contribution >= 0.6 is 0 Å². The van der Waals surface area contributed by atoms with Gasteiger partial charge < -0.3 is 4.48 Å². The van der Waals surface area contributed by atoms with Crippen molar-refractivity contribution in [3.63, 3.8) is 0 Å². The Labute approximate surface area is 90.9 Å². The number of azide groups is 1. The predicted octanol–water partition coefficient (Wildman–Crippen LogP) is 1.22. The minimum atomic E-state index is 0.646. The van der Waals surface area contributed by atoms with Crippen LogP contribution in [0, 0.1) is 0 Å². The average Bonchev–Trinajstić information content (AvgIpc) is 2.23. The normalized spacial score (nSPS) is 24.5. The fraction of sp³-hybridized carbons (Fsp3) is 1.00. The molecule has 5 nitrogen and oxygen atoms in total. The van der Waals surface area contributed by atoms with Gasteiger partial charge in [0.2, 0.25) is 0 Å². The number of piperazine rings is 1. The maximum Gasteiger partial charge on any atom is 0.0916 e. The number of nitrogens with zero attached hydrogens (tertiary/aromatic N) is 5. The minimum Gasteiger partial charge on any atom is -0.321 e. The largest absolute Gasteiger partial charge is 0.321 e. The van der Waals surface area contributed by atoms with Crippen molar-refractivity contribution in [3.8, 4) is 0 Å². The molecule has 15 heavy (non-hydrogen) atoms. The molecule has 0 aromatic heterocycles. The van der Waals surface area contributed by atoms with Crippen LogP contribution in [0.15, 0.2) is 5.11 Å². The molecule has 2 aliphatic rings. The Morgan fingerprint density at radius 1 is 1.20 bits per heavy atom. The third-order valence-electron chi connectivity index (χ3n) is 3.84. The highest BCUT2D eigenvalue weighted by Crippen LogP contribution is 2.22. The zero-order valence-electron chi connectivity index (χ0n) is 9.31. The Kier molecular flexibility index (Phi) is 3.46. The van der Waals surface area contributed by atoms with Crippen molar-refractivity contribution < 1.29 is 4.48 Å². The van der Waals surface area contributed by atoms with Gasteiger partial charge in [-0.3, -0.25) is 4.90 Å². The Morgan fingerprint density at radius 2 is 1.93 bits per heavy atom. The molecule has 0 amide bonds. The summed E-state index contributed by atoms with van der Waals surface area (Å²) in [6, 6.07) is 0. The second kappa shape index (κ2) is 4.84. The Bertz CT molecular complexity index is 245. The number of hydrogen-bond acceptors (Lipinski definition) is 2. The van der Waals surface area contributed by atoms with Crippen LogP contribution in [0.1, 0.15) is 12.8 Å². The summed E-state index contributed by atoms with van der Waals surface area (Å²) in [5.74, 6) is 0. The first-order valence-corrected chi connectivity index (χ1v) is 5.93. The van der Waals surface area contributed by atoms with Crippen molar-refractivity contribution in [1.82, 2.24) is 4.90 Å². The van der Waals surface area contributed by atoms with E-state index in [4.69, 9.17) is 5.53 Å². The van der Waals surface area contributed by atoms with Crippen LogP contribution in [-0.4, -0.2) is 61.7 Å². The monoisotopic (exact) mass is 210 g/mol. The summed E-state index contributed by atoms with van der Waals surface area (Å²) in [6.07, 6.45) is 2.43. The molecule has 2 fully saturated rings. The second-order valence-electron chi connectivity index (χ2n) is 4.74. The van der Waals surface area contributed by atoms with Crippen molar-refractivity contribution >= 4 is 0 Å². The molecule has 0 aliphatic carbocycles. The molecule has 1 spiro atoms. The highest BCUT2D eigenvalue weighted by Gasteiger charge is 2.38. The smallest absolute Gasteiger partial charge is 0.0916 e. The molecular weight excluding hydrogens is 190 g/mol. The summed E-state index contributed by atoms with van der Waals surface area (Å²) in [5.41, 5.74) is 8.15. The molecule has 0 aromatic carbocycles. The Balaban J connectivity index is 1.63. The van der Waals surface area contributed by atoms with Gasteiger partial charge in [-0.15, -0.1) is 0 Å². The predicted molar refractivity (Wildman–Crippen MR) is 59.4 cm³/mol. The summed E-state index contributed by atoms with van der Waals surface area (Å²) >= 11 is 0. The Morgan fingerprint density at radius 3 is 2.47 bits per heavy atom. The van der Waals surface area contributed by atoms with E-state index in [1.807, 2.05) is 0 Å². The van der Waals surface area contributed by atoms with E-state index in [2.05, 4.69) is 14.9 Å². The second-order valence-corrected chi connectivity index (χ2v) is 4.74.